The molecule has 1 atom stereocenters. The van der Waals surface area contributed by atoms with Gasteiger partial charge in [-0.05, 0) is 13.8 Å². The second-order valence-corrected chi connectivity index (χ2v) is 2.79. The molecule has 0 saturated heterocycles. The van der Waals surface area contributed by atoms with Crippen molar-refractivity contribution >= 4 is 11.7 Å². The number of carbonyl (C=O) groups excluding carboxylic acids is 2. The Bertz CT molecular complexity index is 315. The van der Waals surface area contributed by atoms with Gasteiger partial charge < -0.3 is 10.4 Å². The number of amides is 1. The van der Waals surface area contributed by atoms with E-state index in [2.05, 4.69) is 5.32 Å². The molecule has 0 saturated carbocycles. The summed E-state index contributed by atoms with van der Waals surface area (Å²) in [7, 11) is 0. The van der Waals surface area contributed by atoms with Gasteiger partial charge >= 0.3 is 0 Å². The smallest absolute Gasteiger partial charge is 0.259 e. The van der Waals surface area contributed by atoms with E-state index in [-0.39, 0.29) is 11.3 Å². The monoisotopic (exact) mass is 181 g/mol. The van der Waals surface area contributed by atoms with Gasteiger partial charge in [0.15, 0.2) is 5.78 Å². The van der Waals surface area contributed by atoms with Gasteiger partial charge in [-0.25, -0.2) is 0 Å². The van der Waals surface area contributed by atoms with Crippen molar-refractivity contribution in [3.05, 3.63) is 23.5 Å². The predicted molar refractivity (Wildman–Crippen MR) is 47.1 cm³/mol. The van der Waals surface area contributed by atoms with E-state index in [1.807, 2.05) is 0 Å². The summed E-state index contributed by atoms with van der Waals surface area (Å²) in [6.45, 7) is 3.02. The second kappa shape index (κ2) is 3.43. The molecule has 70 valence electrons. The molecule has 4 nitrogen and oxygen atoms in total. The maximum Gasteiger partial charge on any atom is 0.259 e. The van der Waals surface area contributed by atoms with Gasteiger partial charge in [0, 0.05) is 0 Å². The fraction of sp³-hybridized carbons (Fsp3) is 0.333. The number of carbonyl (C=O) groups is 2. The third kappa shape index (κ3) is 1.61. The normalized spacial score (nSPS) is 22.6. The topological polar surface area (TPSA) is 66.4 Å². The Morgan fingerprint density at radius 3 is 2.62 bits per heavy atom. The Morgan fingerprint density at radius 2 is 2.23 bits per heavy atom. The fourth-order valence-electron chi connectivity index (χ4n) is 1.23. The summed E-state index contributed by atoms with van der Waals surface area (Å²) in [5.74, 6) is -1.11. The lowest BCUT2D eigenvalue weighted by Gasteiger charge is -2.03. The van der Waals surface area contributed by atoms with Crippen molar-refractivity contribution in [1.29, 1.82) is 0 Å². The van der Waals surface area contributed by atoms with Crippen LogP contribution in [0.4, 0.5) is 0 Å². The molecule has 1 amide bonds. The molecular formula is C9H11NO3. The molecule has 13 heavy (non-hydrogen) atoms. The number of allylic oxidation sites excluding steroid dienone is 1. The lowest BCUT2D eigenvalue weighted by atomic mass is 10.1. The average Bonchev–Trinajstić information content (AvgIpc) is 2.28. The van der Waals surface area contributed by atoms with Crippen LogP contribution in [0.5, 0.6) is 0 Å². The molecule has 1 unspecified atom stereocenters. The quantitative estimate of drug-likeness (QED) is 0.480. The molecule has 2 N–H and O–H groups in total. The summed E-state index contributed by atoms with van der Waals surface area (Å²) in [5, 5.41) is 11.9. The Kier molecular flexibility index (Phi) is 2.51. The summed E-state index contributed by atoms with van der Waals surface area (Å²) in [4.78, 5) is 22.0. The zero-order chi connectivity index (χ0) is 10.0. The first-order valence-electron chi connectivity index (χ1n) is 3.95. The first-order chi connectivity index (χ1) is 6.07. The standard InChI is InChI=1S/C9H11NO3/c1-3-4-6-8(12)7(5(2)11)9(13)10-6/h3-4,6,12H,1-2H3,(H,10,13). The van der Waals surface area contributed by atoms with Gasteiger partial charge in [0.1, 0.15) is 17.4 Å². The lowest BCUT2D eigenvalue weighted by Crippen LogP contribution is -2.27. The van der Waals surface area contributed by atoms with Crippen LogP contribution >= 0.6 is 0 Å². The van der Waals surface area contributed by atoms with Crippen LogP contribution in [0.25, 0.3) is 0 Å². The third-order valence-electron chi connectivity index (χ3n) is 1.80. The number of rotatable bonds is 2. The first-order valence-corrected chi connectivity index (χ1v) is 3.95. The van der Waals surface area contributed by atoms with Crippen molar-refractivity contribution in [2.45, 2.75) is 19.9 Å². The number of hydrogen-bond acceptors (Lipinski definition) is 3. The molecule has 0 aliphatic carbocycles. The Balaban J connectivity index is 3.03. The Morgan fingerprint density at radius 1 is 1.62 bits per heavy atom. The summed E-state index contributed by atoms with van der Waals surface area (Å²) >= 11 is 0. The van der Waals surface area contributed by atoms with Gasteiger partial charge in [0.2, 0.25) is 0 Å². The predicted octanol–water partition coefficient (Wildman–Crippen LogP) is 0.462. The lowest BCUT2D eigenvalue weighted by molar-refractivity contribution is -0.121. The molecule has 1 aliphatic rings. The highest BCUT2D eigenvalue weighted by atomic mass is 16.3. The number of nitrogens with one attached hydrogen (secondary N) is 1. The van der Waals surface area contributed by atoms with E-state index in [4.69, 9.17) is 0 Å². The first kappa shape index (κ1) is 9.51. The van der Waals surface area contributed by atoms with Crippen molar-refractivity contribution < 1.29 is 14.7 Å². The van der Waals surface area contributed by atoms with Crippen molar-refractivity contribution in [3.63, 3.8) is 0 Å². The van der Waals surface area contributed by atoms with Crippen molar-refractivity contribution in [1.82, 2.24) is 5.32 Å². The highest BCUT2D eigenvalue weighted by molar-refractivity contribution is 6.20. The SMILES string of the molecule is CC=CC1NC(=O)C(C(C)=O)=C1O. The molecule has 0 bridgehead atoms. The van der Waals surface area contributed by atoms with E-state index in [0.717, 1.165) is 0 Å². The minimum Gasteiger partial charge on any atom is -0.509 e. The maximum atomic E-state index is 11.1. The molecule has 0 aromatic heterocycles. The number of Topliss-reactive ketones (excluding diaryl/α,β-unsaturated/α-hetero) is 1. The van der Waals surface area contributed by atoms with Crippen LogP contribution in [0, 0.1) is 0 Å². The summed E-state index contributed by atoms with van der Waals surface area (Å²) in [5.41, 5.74) is -0.136. The molecule has 0 spiro atoms. The largest absolute Gasteiger partial charge is 0.509 e. The van der Waals surface area contributed by atoms with Crippen LogP contribution < -0.4 is 5.32 Å². The number of ketones is 1. The zero-order valence-corrected chi connectivity index (χ0v) is 7.50. The molecule has 4 heteroatoms. The van der Waals surface area contributed by atoms with Crippen LogP contribution in [0.1, 0.15) is 13.8 Å². The van der Waals surface area contributed by atoms with E-state index >= 15 is 0 Å². The van der Waals surface area contributed by atoms with Gasteiger partial charge in [-0.3, -0.25) is 9.59 Å². The van der Waals surface area contributed by atoms with E-state index in [0.29, 0.717) is 0 Å². The van der Waals surface area contributed by atoms with Gasteiger partial charge in [-0.15, -0.1) is 0 Å². The molecular weight excluding hydrogens is 170 g/mol. The van der Waals surface area contributed by atoms with Crippen molar-refractivity contribution in [3.8, 4) is 0 Å². The fourth-order valence-corrected chi connectivity index (χ4v) is 1.23. The summed E-state index contributed by atoms with van der Waals surface area (Å²) < 4.78 is 0. The molecule has 0 aromatic carbocycles. The zero-order valence-electron chi connectivity index (χ0n) is 7.50. The van der Waals surface area contributed by atoms with Crippen LogP contribution in [-0.4, -0.2) is 22.8 Å². The maximum absolute atomic E-state index is 11.1. The minimum absolute atomic E-state index is 0.136. The van der Waals surface area contributed by atoms with Gasteiger partial charge in [-0.1, -0.05) is 12.2 Å². The molecule has 1 aliphatic heterocycles. The molecule has 1 heterocycles. The van der Waals surface area contributed by atoms with Gasteiger partial charge in [0.05, 0.1) is 0 Å². The number of aliphatic hydroxyl groups excluding tert-OH is 1. The third-order valence-corrected chi connectivity index (χ3v) is 1.80. The molecule has 0 fully saturated rings. The van der Waals surface area contributed by atoms with E-state index in [9.17, 15) is 14.7 Å². The average molecular weight is 181 g/mol. The Labute approximate surface area is 75.9 Å². The van der Waals surface area contributed by atoms with E-state index in [1.54, 1.807) is 19.1 Å². The highest BCUT2D eigenvalue weighted by Crippen LogP contribution is 2.16. The number of aliphatic hydroxyl groups is 1. The summed E-state index contributed by atoms with van der Waals surface area (Å²) in [6, 6.07) is -0.545. The summed E-state index contributed by atoms with van der Waals surface area (Å²) in [6.07, 6.45) is 3.31. The highest BCUT2D eigenvalue weighted by Gasteiger charge is 2.32. The van der Waals surface area contributed by atoms with Gasteiger partial charge in [-0.2, -0.15) is 0 Å². The van der Waals surface area contributed by atoms with Crippen LogP contribution in [-0.2, 0) is 9.59 Å². The van der Waals surface area contributed by atoms with Crippen LogP contribution in [0.15, 0.2) is 23.5 Å². The Hall–Kier alpha value is -1.58. The second-order valence-electron chi connectivity index (χ2n) is 2.79. The van der Waals surface area contributed by atoms with E-state index in [1.165, 1.54) is 6.92 Å². The van der Waals surface area contributed by atoms with Crippen molar-refractivity contribution in [2.75, 3.05) is 0 Å². The number of hydrogen-bond donors (Lipinski definition) is 2. The van der Waals surface area contributed by atoms with E-state index < -0.39 is 17.7 Å². The molecule has 0 aromatic rings. The minimum atomic E-state index is -0.545. The van der Waals surface area contributed by atoms with Crippen LogP contribution in [0.2, 0.25) is 0 Å². The van der Waals surface area contributed by atoms with Gasteiger partial charge in [0.25, 0.3) is 5.91 Å². The molecule has 0 radical (unpaired) electrons. The molecule has 1 rings (SSSR count). The van der Waals surface area contributed by atoms with Crippen LogP contribution in [0.3, 0.4) is 0 Å². The van der Waals surface area contributed by atoms with Crippen molar-refractivity contribution in [2.24, 2.45) is 0 Å².